The van der Waals surface area contributed by atoms with Gasteiger partial charge in [0.25, 0.3) is 0 Å². The zero-order chi connectivity index (χ0) is 15.4. The highest BCUT2D eigenvalue weighted by Gasteiger charge is 2.16. The molecule has 2 rings (SSSR count). The molecular formula is C14H9ClF2N2O2. The molecule has 2 aromatic carbocycles. The SMILES string of the molecule is O=C(Nc1ccc(F)c(Cl)c1)C(=O)Nc1ccccc1F. The Bertz CT molecular complexity index is 707. The van der Waals surface area contributed by atoms with Crippen LogP contribution in [0.5, 0.6) is 0 Å². The van der Waals surface area contributed by atoms with Gasteiger partial charge < -0.3 is 10.6 Å². The molecule has 0 spiro atoms. The minimum atomic E-state index is -1.06. The van der Waals surface area contributed by atoms with Gasteiger partial charge in [0, 0.05) is 5.69 Å². The summed E-state index contributed by atoms with van der Waals surface area (Å²) in [4.78, 5) is 23.3. The summed E-state index contributed by atoms with van der Waals surface area (Å²) < 4.78 is 26.3. The number of hydrogen-bond donors (Lipinski definition) is 2. The molecule has 0 aliphatic rings. The summed E-state index contributed by atoms with van der Waals surface area (Å²) in [6, 6.07) is 8.87. The molecule has 2 N–H and O–H groups in total. The van der Waals surface area contributed by atoms with Crippen LogP contribution in [0.3, 0.4) is 0 Å². The van der Waals surface area contributed by atoms with Crippen LogP contribution in [-0.4, -0.2) is 11.8 Å². The third kappa shape index (κ3) is 3.76. The van der Waals surface area contributed by atoms with Crippen molar-refractivity contribution in [1.29, 1.82) is 0 Å². The van der Waals surface area contributed by atoms with Crippen LogP contribution in [0.4, 0.5) is 20.2 Å². The molecule has 0 radical (unpaired) electrons. The van der Waals surface area contributed by atoms with Crippen LogP contribution < -0.4 is 10.6 Å². The highest BCUT2D eigenvalue weighted by Crippen LogP contribution is 2.19. The maximum absolute atomic E-state index is 13.3. The quantitative estimate of drug-likeness (QED) is 0.837. The van der Waals surface area contributed by atoms with E-state index in [0.29, 0.717) is 0 Å². The normalized spacial score (nSPS) is 10.0. The van der Waals surface area contributed by atoms with Crippen molar-refractivity contribution in [2.75, 3.05) is 10.6 Å². The summed E-state index contributed by atoms with van der Waals surface area (Å²) in [5.74, 6) is -3.39. The van der Waals surface area contributed by atoms with Gasteiger partial charge in [-0.3, -0.25) is 9.59 Å². The molecule has 2 amide bonds. The summed E-state index contributed by atoms with van der Waals surface area (Å²) >= 11 is 5.55. The molecule has 0 saturated heterocycles. The van der Waals surface area contributed by atoms with Gasteiger partial charge >= 0.3 is 11.8 Å². The van der Waals surface area contributed by atoms with Crippen LogP contribution in [0.15, 0.2) is 42.5 Å². The van der Waals surface area contributed by atoms with Gasteiger partial charge in [0.05, 0.1) is 10.7 Å². The van der Waals surface area contributed by atoms with Crippen molar-refractivity contribution in [2.45, 2.75) is 0 Å². The number of nitrogens with one attached hydrogen (secondary N) is 2. The van der Waals surface area contributed by atoms with E-state index in [2.05, 4.69) is 10.6 Å². The van der Waals surface area contributed by atoms with Gasteiger partial charge in [-0.05, 0) is 30.3 Å². The molecule has 108 valence electrons. The van der Waals surface area contributed by atoms with E-state index in [-0.39, 0.29) is 16.4 Å². The molecule has 4 nitrogen and oxygen atoms in total. The Labute approximate surface area is 123 Å². The van der Waals surface area contributed by atoms with E-state index in [1.165, 1.54) is 24.3 Å². The Morgan fingerprint density at radius 1 is 0.905 bits per heavy atom. The Hall–Kier alpha value is -2.47. The first-order valence-corrected chi connectivity index (χ1v) is 6.17. The lowest BCUT2D eigenvalue weighted by Crippen LogP contribution is -2.29. The Kier molecular flexibility index (Phi) is 4.49. The number of carbonyl (C=O) groups is 2. The molecule has 21 heavy (non-hydrogen) atoms. The predicted molar refractivity (Wildman–Crippen MR) is 75.1 cm³/mol. The number of benzene rings is 2. The van der Waals surface area contributed by atoms with E-state index in [0.717, 1.165) is 18.2 Å². The molecule has 0 heterocycles. The fourth-order valence-corrected chi connectivity index (χ4v) is 1.68. The smallest absolute Gasteiger partial charge is 0.314 e. The summed E-state index contributed by atoms with van der Waals surface area (Å²) in [7, 11) is 0. The second-order valence-corrected chi connectivity index (χ2v) is 4.42. The first-order chi connectivity index (χ1) is 9.97. The largest absolute Gasteiger partial charge is 0.318 e. The number of carbonyl (C=O) groups excluding carboxylic acids is 2. The Morgan fingerprint density at radius 2 is 1.57 bits per heavy atom. The van der Waals surface area contributed by atoms with Crippen molar-refractivity contribution < 1.29 is 18.4 Å². The van der Waals surface area contributed by atoms with Crippen LogP contribution in [0.1, 0.15) is 0 Å². The van der Waals surface area contributed by atoms with E-state index >= 15 is 0 Å². The van der Waals surface area contributed by atoms with Crippen molar-refractivity contribution in [2.24, 2.45) is 0 Å². The number of rotatable bonds is 2. The lowest BCUT2D eigenvalue weighted by molar-refractivity contribution is -0.133. The van der Waals surface area contributed by atoms with E-state index in [1.54, 1.807) is 0 Å². The van der Waals surface area contributed by atoms with Gasteiger partial charge in [0.1, 0.15) is 11.6 Å². The summed E-state index contributed by atoms with van der Waals surface area (Å²) in [6.07, 6.45) is 0. The maximum atomic E-state index is 13.3. The number of anilines is 2. The average molecular weight is 311 g/mol. The van der Waals surface area contributed by atoms with Crippen molar-refractivity contribution >= 4 is 34.8 Å². The van der Waals surface area contributed by atoms with Crippen LogP contribution >= 0.6 is 11.6 Å². The third-order valence-electron chi connectivity index (χ3n) is 2.51. The summed E-state index contributed by atoms with van der Waals surface area (Å²) in [5, 5.41) is 4.16. The fourth-order valence-electron chi connectivity index (χ4n) is 1.50. The van der Waals surface area contributed by atoms with Crippen LogP contribution in [0.2, 0.25) is 5.02 Å². The number of para-hydroxylation sites is 1. The molecule has 0 unspecified atom stereocenters. The molecule has 0 atom stereocenters. The van der Waals surface area contributed by atoms with Crippen molar-refractivity contribution in [1.82, 2.24) is 0 Å². The third-order valence-corrected chi connectivity index (χ3v) is 2.80. The van der Waals surface area contributed by atoms with E-state index in [1.807, 2.05) is 0 Å². The molecule has 2 aromatic rings. The zero-order valence-corrected chi connectivity index (χ0v) is 11.2. The number of amides is 2. The lowest BCUT2D eigenvalue weighted by Gasteiger charge is -2.07. The highest BCUT2D eigenvalue weighted by atomic mass is 35.5. The zero-order valence-electron chi connectivity index (χ0n) is 10.5. The Balaban J connectivity index is 2.04. The molecule has 0 fully saturated rings. The van der Waals surface area contributed by atoms with Gasteiger partial charge in [0.15, 0.2) is 0 Å². The average Bonchev–Trinajstić information content (AvgIpc) is 2.45. The number of halogens is 3. The maximum Gasteiger partial charge on any atom is 0.314 e. The molecule has 0 bridgehead atoms. The standard InChI is InChI=1S/C14H9ClF2N2O2/c15-9-7-8(5-6-10(9)16)18-13(20)14(21)19-12-4-2-1-3-11(12)17/h1-7H,(H,18,20)(H,19,21). The summed E-state index contributed by atoms with van der Waals surface area (Å²) in [6.45, 7) is 0. The molecule has 0 saturated carbocycles. The first-order valence-electron chi connectivity index (χ1n) is 5.79. The van der Waals surface area contributed by atoms with Gasteiger partial charge in [-0.2, -0.15) is 0 Å². The molecular weight excluding hydrogens is 302 g/mol. The second-order valence-electron chi connectivity index (χ2n) is 4.02. The molecule has 0 aliphatic carbocycles. The van der Waals surface area contributed by atoms with Gasteiger partial charge in [-0.15, -0.1) is 0 Å². The van der Waals surface area contributed by atoms with Crippen LogP contribution in [-0.2, 0) is 9.59 Å². The molecule has 7 heteroatoms. The minimum absolute atomic E-state index is 0.116. The van der Waals surface area contributed by atoms with Crippen LogP contribution in [0.25, 0.3) is 0 Å². The topological polar surface area (TPSA) is 58.2 Å². The van der Waals surface area contributed by atoms with E-state index in [4.69, 9.17) is 11.6 Å². The van der Waals surface area contributed by atoms with E-state index < -0.39 is 23.4 Å². The van der Waals surface area contributed by atoms with Gasteiger partial charge in [-0.1, -0.05) is 23.7 Å². The van der Waals surface area contributed by atoms with Gasteiger partial charge in [0.2, 0.25) is 0 Å². The Morgan fingerprint density at radius 3 is 2.24 bits per heavy atom. The fraction of sp³-hybridized carbons (Fsp3) is 0. The monoisotopic (exact) mass is 310 g/mol. The van der Waals surface area contributed by atoms with Gasteiger partial charge in [-0.25, -0.2) is 8.78 Å². The summed E-state index contributed by atoms with van der Waals surface area (Å²) in [5.41, 5.74) is 0.0323. The van der Waals surface area contributed by atoms with Crippen LogP contribution in [0, 0.1) is 11.6 Å². The second kappa shape index (κ2) is 6.32. The van der Waals surface area contributed by atoms with Crippen molar-refractivity contribution in [3.63, 3.8) is 0 Å². The highest BCUT2D eigenvalue weighted by molar-refractivity contribution is 6.43. The first kappa shape index (κ1) is 14.9. The minimum Gasteiger partial charge on any atom is -0.318 e. The predicted octanol–water partition coefficient (Wildman–Crippen LogP) is 3.20. The molecule has 0 aromatic heterocycles. The lowest BCUT2D eigenvalue weighted by atomic mass is 10.3. The van der Waals surface area contributed by atoms with E-state index in [9.17, 15) is 18.4 Å². The molecule has 0 aliphatic heterocycles. The van der Waals surface area contributed by atoms with Crippen molar-refractivity contribution in [3.05, 3.63) is 59.1 Å². The number of hydrogen-bond acceptors (Lipinski definition) is 2. The van der Waals surface area contributed by atoms with Crippen molar-refractivity contribution in [3.8, 4) is 0 Å².